The molecule has 3 heterocycles. The number of pyridine rings is 2. The number of aryl methyl sites for hydroxylation is 1. The van der Waals surface area contributed by atoms with Gasteiger partial charge in [-0.3, -0.25) is 9.78 Å². The van der Waals surface area contributed by atoms with Crippen molar-refractivity contribution in [3.63, 3.8) is 0 Å². The Balaban J connectivity index is 1.80. The highest BCUT2D eigenvalue weighted by Gasteiger charge is 2.18. The van der Waals surface area contributed by atoms with E-state index < -0.39 is 0 Å². The summed E-state index contributed by atoms with van der Waals surface area (Å²) in [5.41, 5.74) is 2.93. The second-order valence-corrected chi connectivity index (χ2v) is 5.73. The van der Waals surface area contributed by atoms with Gasteiger partial charge >= 0.3 is 0 Å². The molecule has 1 N–H and O–H groups in total. The van der Waals surface area contributed by atoms with E-state index in [1.165, 1.54) is 7.11 Å². The van der Waals surface area contributed by atoms with Crippen LogP contribution in [0.15, 0.2) is 49.1 Å². The van der Waals surface area contributed by atoms with Gasteiger partial charge in [-0.05, 0) is 38.1 Å². The molecule has 0 fully saturated rings. The Morgan fingerprint density at radius 3 is 2.62 bits per heavy atom. The molecule has 3 aromatic rings. The summed E-state index contributed by atoms with van der Waals surface area (Å²) in [6.45, 7) is 3.79. The number of hydrogen-bond donors (Lipinski definition) is 1. The summed E-state index contributed by atoms with van der Waals surface area (Å²) in [5.74, 6) is 0.652. The summed E-state index contributed by atoms with van der Waals surface area (Å²) in [6.07, 6.45) is 6.72. The number of hydrogen-bond acceptors (Lipinski definition) is 6. The minimum absolute atomic E-state index is 0.264. The normalized spacial score (nSPS) is 11.7. The fraction of sp³-hybridized carbons (Fsp3) is 0.211. The molecule has 1 amide bonds. The Morgan fingerprint density at radius 2 is 1.92 bits per heavy atom. The number of carbonyl (C=O) groups is 1. The van der Waals surface area contributed by atoms with Gasteiger partial charge in [-0.15, -0.1) is 0 Å². The lowest BCUT2D eigenvalue weighted by atomic mass is 10.1. The first kappa shape index (κ1) is 17.5. The fourth-order valence-corrected chi connectivity index (χ4v) is 2.62. The highest BCUT2D eigenvalue weighted by Crippen LogP contribution is 2.21. The van der Waals surface area contributed by atoms with Crippen LogP contribution in [0.2, 0.25) is 0 Å². The fourth-order valence-electron chi connectivity index (χ4n) is 2.62. The SMILES string of the molecule is COc1ncccc1C(=O)NC(C)c1cnc(-c2ccncc2)nc1C. The van der Waals surface area contributed by atoms with Crippen LogP contribution in [-0.2, 0) is 0 Å². The highest BCUT2D eigenvalue weighted by atomic mass is 16.5. The zero-order chi connectivity index (χ0) is 18.5. The van der Waals surface area contributed by atoms with E-state index in [-0.39, 0.29) is 11.9 Å². The van der Waals surface area contributed by atoms with Crippen LogP contribution < -0.4 is 10.1 Å². The molecular weight excluding hydrogens is 330 g/mol. The van der Waals surface area contributed by atoms with Gasteiger partial charge in [0.2, 0.25) is 5.88 Å². The molecule has 0 aliphatic heterocycles. The zero-order valence-electron chi connectivity index (χ0n) is 14.8. The molecule has 0 spiro atoms. The van der Waals surface area contributed by atoms with Gasteiger partial charge in [0, 0.05) is 41.6 Å². The monoisotopic (exact) mass is 349 g/mol. The van der Waals surface area contributed by atoms with Crippen LogP contribution >= 0.6 is 0 Å². The Morgan fingerprint density at radius 1 is 1.15 bits per heavy atom. The Bertz CT molecular complexity index is 915. The first-order valence-corrected chi connectivity index (χ1v) is 8.14. The van der Waals surface area contributed by atoms with E-state index in [1.54, 1.807) is 36.9 Å². The van der Waals surface area contributed by atoms with Crippen molar-refractivity contribution in [3.05, 3.63) is 65.9 Å². The molecule has 0 aliphatic carbocycles. The van der Waals surface area contributed by atoms with Crippen LogP contribution in [0.3, 0.4) is 0 Å². The van der Waals surface area contributed by atoms with Crippen LogP contribution in [0, 0.1) is 6.92 Å². The maximum absolute atomic E-state index is 12.5. The zero-order valence-corrected chi connectivity index (χ0v) is 14.8. The molecular formula is C19H19N5O2. The molecule has 132 valence electrons. The lowest BCUT2D eigenvalue weighted by Crippen LogP contribution is -2.28. The van der Waals surface area contributed by atoms with E-state index >= 15 is 0 Å². The summed E-state index contributed by atoms with van der Waals surface area (Å²) in [5, 5.41) is 2.94. The van der Waals surface area contributed by atoms with Crippen LogP contribution in [0.25, 0.3) is 11.4 Å². The standard InChI is InChI=1S/C19H19N5O2/c1-12-16(11-22-17(23-12)14-6-9-20-10-7-14)13(2)24-18(25)15-5-4-8-21-19(15)26-3/h4-11,13H,1-3H3,(H,24,25). The summed E-state index contributed by atoms with van der Waals surface area (Å²) in [6, 6.07) is 6.81. The predicted molar refractivity (Wildman–Crippen MR) is 96.7 cm³/mol. The largest absolute Gasteiger partial charge is 0.480 e. The molecule has 3 aromatic heterocycles. The first-order chi connectivity index (χ1) is 12.6. The Labute approximate surface area is 151 Å². The van der Waals surface area contributed by atoms with Gasteiger partial charge in [-0.25, -0.2) is 15.0 Å². The molecule has 0 bridgehead atoms. The van der Waals surface area contributed by atoms with Gasteiger partial charge in [0.1, 0.15) is 5.56 Å². The van der Waals surface area contributed by atoms with Crippen molar-refractivity contribution in [2.75, 3.05) is 7.11 Å². The van der Waals surface area contributed by atoms with Crippen molar-refractivity contribution in [1.82, 2.24) is 25.3 Å². The van der Waals surface area contributed by atoms with Crippen molar-refractivity contribution in [1.29, 1.82) is 0 Å². The molecule has 3 rings (SSSR count). The van der Waals surface area contributed by atoms with E-state index in [2.05, 4.69) is 25.3 Å². The summed E-state index contributed by atoms with van der Waals surface area (Å²) in [4.78, 5) is 29.5. The molecule has 0 saturated carbocycles. The van der Waals surface area contributed by atoms with Crippen LogP contribution in [0.1, 0.15) is 34.6 Å². The molecule has 0 aliphatic rings. The second-order valence-electron chi connectivity index (χ2n) is 5.73. The molecule has 7 nitrogen and oxygen atoms in total. The third kappa shape index (κ3) is 3.66. The second kappa shape index (κ2) is 7.69. The van der Waals surface area contributed by atoms with Crippen LogP contribution in [0.5, 0.6) is 5.88 Å². The maximum atomic E-state index is 12.5. The topological polar surface area (TPSA) is 89.9 Å². The van der Waals surface area contributed by atoms with Gasteiger partial charge < -0.3 is 10.1 Å². The Kier molecular flexibility index (Phi) is 5.17. The maximum Gasteiger partial charge on any atom is 0.257 e. The smallest absolute Gasteiger partial charge is 0.257 e. The van der Waals surface area contributed by atoms with E-state index in [0.29, 0.717) is 17.3 Å². The van der Waals surface area contributed by atoms with E-state index in [1.807, 2.05) is 26.0 Å². The average Bonchev–Trinajstić information content (AvgIpc) is 2.68. The number of ether oxygens (including phenoxy) is 1. The van der Waals surface area contributed by atoms with Crippen molar-refractivity contribution in [2.24, 2.45) is 0 Å². The molecule has 0 aromatic carbocycles. The van der Waals surface area contributed by atoms with Gasteiger partial charge in [0.25, 0.3) is 5.91 Å². The van der Waals surface area contributed by atoms with Gasteiger partial charge in [0.05, 0.1) is 13.2 Å². The van der Waals surface area contributed by atoms with E-state index in [0.717, 1.165) is 16.8 Å². The molecule has 0 radical (unpaired) electrons. The van der Waals surface area contributed by atoms with E-state index in [4.69, 9.17) is 4.74 Å². The summed E-state index contributed by atoms with van der Waals surface area (Å²) >= 11 is 0. The van der Waals surface area contributed by atoms with Gasteiger partial charge in [-0.2, -0.15) is 0 Å². The number of methoxy groups -OCH3 is 1. The molecule has 1 unspecified atom stereocenters. The van der Waals surface area contributed by atoms with Gasteiger partial charge in [0.15, 0.2) is 5.82 Å². The van der Waals surface area contributed by atoms with Crippen molar-refractivity contribution < 1.29 is 9.53 Å². The lowest BCUT2D eigenvalue weighted by Gasteiger charge is -2.17. The minimum Gasteiger partial charge on any atom is -0.480 e. The first-order valence-electron chi connectivity index (χ1n) is 8.14. The predicted octanol–water partition coefficient (Wildman–Crippen LogP) is 2.74. The summed E-state index contributed by atoms with van der Waals surface area (Å²) in [7, 11) is 1.48. The highest BCUT2D eigenvalue weighted by molar-refractivity contribution is 5.96. The molecule has 26 heavy (non-hydrogen) atoms. The number of carbonyl (C=O) groups excluding carboxylic acids is 1. The van der Waals surface area contributed by atoms with Crippen molar-refractivity contribution in [3.8, 4) is 17.3 Å². The minimum atomic E-state index is -0.265. The number of amides is 1. The Hall–Kier alpha value is -3.35. The van der Waals surface area contributed by atoms with Crippen LogP contribution in [0.4, 0.5) is 0 Å². The third-order valence-electron chi connectivity index (χ3n) is 3.98. The number of nitrogens with one attached hydrogen (secondary N) is 1. The molecule has 0 saturated heterocycles. The van der Waals surface area contributed by atoms with Crippen molar-refractivity contribution >= 4 is 5.91 Å². The lowest BCUT2D eigenvalue weighted by molar-refractivity contribution is 0.0936. The quantitative estimate of drug-likeness (QED) is 0.762. The van der Waals surface area contributed by atoms with Gasteiger partial charge in [-0.1, -0.05) is 0 Å². The van der Waals surface area contributed by atoms with Crippen molar-refractivity contribution in [2.45, 2.75) is 19.9 Å². The third-order valence-corrected chi connectivity index (χ3v) is 3.98. The number of nitrogens with zero attached hydrogens (tertiary/aromatic N) is 4. The molecule has 7 heteroatoms. The van der Waals surface area contributed by atoms with E-state index in [9.17, 15) is 4.79 Å². The molecule has 1 atom stereocenters. The summed E-state index contributed by atoms with van der Waals surface area (Å²) < 4.78 is 5.14. The average molecular weight is 349 g/mol. The number of aromatic nitrogens is 4. The van der Waals surface area contributed by atoms with Crippen LogP contribution in [-0.4, -0.2) is 33.0 Å². The number of rotatable bonds is 5.